The molecule has 0 amide bonds. The van der Waals surface area contributed by atoms with E-state index in [0.717, 1.165) is 4.41 Å². The number of hydrogen-bond donors (Lipinski definition) is 1. The molecule has 13 heavy (non-hydrogen) atoms. The van der Waals surface area contributed by atoms with Crippen LogP contribution in [0.15, 0.2) is 35.2 Å². The predicted molar refractivity (Wildman–Crippen MR) is 50.5 cm³/mol. The number of benzene rings is 1. The van der Waals surface area contributed by atoms with E-state index < -0.39 is 10.0 Å². The standard InChI is InChI=1S/C8H12N2O2S/c1-9-10(2)13(11,12)8-6-4-3-5-7-8/h3-7,9H,1-2H3. The summed E-state index contributed by atoms with van der Waals surface area (Å²) in [6.07, 6.45) is 0. The Morgan fingerprint density at radius 2 is 1.77 bits per heavy atom. The van der Waals surface area contributed by atoms with Gasteiger partial charge in [-0.05, 0) is 19.2 Å². The summed E-state index contributed by atoms with van der Waals surface area (Å²) in [4.78, 5) is 0.284. The largest absolute Gasteiger partial charge is 0.255 e. The van der Waals surface area contributed by atoms with E-state index in [9.17, 15) is 8.42 Å². The van der Waals surface area contributed by atoms with Gasteiger partial charge in [-0.15, -0.1) is 4.41 Å². The van der Waals surface area contributed by atoms with Crippen LogP contribution in [0.4, 0.5) is 0 Å². The molecule has 1 rings (SSSR count). The van der Waals surface area contributed by atoms with Gasteiger partial charge in [-0.2, -0.15) is 0 Å². The first kappa shape index (κ1) is 10.2. The Balaban J connectivity index is 3.09. The lowest BCUT2D eigenvalue weighted by Gasteiger charge is -2.14. The Morgan fingerprint density at radius 3 is 2.23 bits per heavy atom. The zero-order valence-electron chi connectivity index (χ0n) is 7.56. The van der Waals surface area contributed by atoms with Crippen molar-refractivity contribution in [2.75, 3.05) is 14.1 Å². The molecule has 4 nitrogen and oxygen atoms in total. The molecule has 0 radical (unpaired) electrons. The molecule has 0 saturated carbocycles. The van der Waals surface area contributed by atoms with Crippen LogP contribution in [0.25, 0.3) is 0 Å². The van der Waals surface area contributed by atoms with Gasteiger partial charge in [-0.3, -0.25) is 0 Å². The van der Waals surface area contributed by atoms with E-state index in [0.29, 0.717) is 0 Å². The molecular formula is C8H12N2O2S. The normalized spacial score (nSPS) is 11.9. The van der Waals surface area contributed by atoms with E-state index in [2.05, 4.69) is 5.43 Å². The van der Waals surface area contributed by atoms with Crippen LogP contribution in [0.1, 0.15) is 0 Å². The SMILES string of the molecule is CNN(C)S(=O)(=O)c1ccccc1. The maximum Gasteiger partial charge on any atom is 0.255 e. The highest BCUT2D eigenvalue weighted by molar-refractivity contribution is 7.89. The molecule has 1 N–H and O–H groups in total. The molecule has 0 aromatic heterocycles. The summed E-state index contributed by atoms with van der Waals surface area (Å²) >= 11 is 0. The second kappa shape index (κ2) is 3.87. The topological polar surface area (TPSA) is 49.4 Å². The predicted octanol–water partition coefficient (Wildman–Crippen LogP) is 0.441. The molecular weight excluding hydrogens is 188 g/mol. The third-order valence-electron chi connectivity index (χ3n) is 1.72. The zero-order valence-corrected chi connectivity index (χ0v) is 8.38. The molecule has 5 heteroatoms. The van der Waals surface area contributed by atoms with Crippen LogP contribution < -0.4 is 5.43 Å². The quantitative estimate of drug-likeness (QED) is 0.720. The van der Waals surface area contributed by atoms with Gasteiger partial charge in [0.2, 0.25) is 0 Å². The van der Waals surface area contributed by atoms with Crippen molar-refractivity contribution in [3.05, 3.63) is 30.3 Å². The van der Waals surface area contributed by atoms with Crippen molar-refractivity contribution in [1.82, 2.24) is 9.84 Å². The lowest BCUT2D eigenvalue weighted by atomic mass is 10.4. The van der Waals surface area contributed by atoms with E-state index >= 15 is 0 Å². The van der Waals surface area contributed by atoms with Crippen LogP contribution in [0.3, 0.4) is 0 Å². The highest BCUT2D eigenvalue weighted by atomic mass is 32.2. The lowest BCUT2D eigenvalue weighted by Crippen LogP contribution is -2.36. The average Bonchev–Trinajstić information content (AvgIpc) is 2.18. The molecule has 0 saturated heterocycles. The molecule has 0 aliphatic rings. The van der Waals surface area contributed by atoms with Gasteiger partial charge >= 0.3 is 0 Å². The van der Waals surface area contributed by atoms with Gasteiger partial charge in [0.15, 0.2) is 0 Å². The number of hydrogen-bond acceptors (Lipinski definition) is 3. The third kappa shape index (κ3) is 2.06. The minimum Gasteiger partial charge on any atom is -0.245 e. The van der Waals surface area contributed by atoms with E-state index in [1.54, 1.807) is 37.4 Å². The maximum atomic E-state index is 11.6. The fourth-order valence-corrected chi connectivity index (χ4v) is 1.93. The van der Waals surface area contributed by atoms with Crippen LogP contribution >= 0.6 is 0 Å². The Labute approximate surface area is 78.2 Å². The monoisotopic (exact) mass is 200 g/mol. The molecule has 0 spiro atoms. The van der Waals surface area contributed by atoms with Gasteiger partial charge in [-0.1, -0.05) is 18.2 Å². The molecule has 0 aliphatic carbocycles. The first-order valence-corrected chi connectivity index (χ1v) is 5.24. The molecule has 0 aliphatic heterocycles. The van der Waals surface area contributed by atoms with E-state index in [-0.39, 0.29) is 4.90 Å². The Kier molecular flexibility index (Phi) is 3.02. The van der Waals surface area contributed by atoms with Crippen LogP contribution in [-0.2, 0) is 10.0 Å². The second-order valence-electron chi connectivity index (χ2n) is 2.51. The molecule has 1 aromatic carbocycles. The summed E-state index contributed by atoms with van der Waals surface area (Å²) in [5, 5.41) is 0. The van der Waals surface area contributed by atoms with Crippen LogP contribution in [0.5, 0.6) is 0 Å². The van der Waals surface area contributed by atoms with Gasteiger partial charge in [0.25, 0.3) is 10.0 Å². The smallest absolute Gasteiger partial charge is 0.245 e. The second-order valence-corrected chi connectivity index (χ2v) is 4.48. The van der Waals surface area contributed by atoms with Crippen molar-refractivity contribution in [3.8, 4) is 0 Å². The van der Waals surface area contributed by atoms with Crippen molar-refractivity contribution in [1.29, 1.82) is 0 Å². The summed E-state index contributed by atoms with van der Waals surface area (Å²) < 4.78 is 24.3. The summed E-state index contributed by atoms with van der Waals surface area (Å²) in [5.74, 6) is 0. The molecule has 1 aromatic rings. The number of rotatable bonds is 3. The van der Waals surface area contributed by atoms with Gasteiger partial charge in [0, 0.05) is 7.05 Å². The minimum absolute atomic E-state index is 0.284. The van der Waals surface area contributed by atoms with E-state index in [1.807, 2.05) is 0 Å². The van der Waals surface area contributed by atoms with E-state index in [1.165, 1.54) is 7.05 Å². The molecule has 0 heterocycles. The summed E-state index contributed by atoms with van der Waals surface area (Å²) in [7, 11) is -0.350. The first-order chi connectivity index (χ1) is 6.09. The van der Waals surface area contributed by atoms with Crippen LogP contribution in [0, 0.1) is 0 Å². The summed E-state index contributed by atoms with van der Waals surface area (Å²) in [5.41, 5.74) is 2.55. The van der Waals surface area contributed by atoms with Gasteiger partial charge in [0.05, 0.1) is 4.90 Å². The van der Waals surface area contributed by atoms with Gasteiger partial charge in [0.1, 0.15) is 0 Å². The Bertz CT molecular complexity index is 361. The lowest BCUT2D eigenvalue weighted by molar-refractivity contribution is 0.403. The number of nitrogens with one attached hydrogen (secondary N) is 1. The maximum absolute atomic E-state index is 11.6. The fraction of sp³-hybridized carbons (Fsp3) is 0.250. The number of hydrazine groups is 1. The first-order valence-electron chi connectivity index (χ1n) is 3.80. The van der Waals surface area contributed by atoms with Crippen molar-refractivity contribution in [3.63, 3.8) is 0 Å². The highest BCUT2D eigenvalue weighted by Gasteiger charge is 2.18. The molecule has 0 atom stereocenters. The molecule has 0 unspecified atom stereocenters. The van der Waals surface area contributed by atoms with Crippen molar-refractivity contribution in [2.24, 2.45) is 0 Å². The van der Waals surface area contributed by atoms with Crippen LogP contribution in [-0.4, -0.2) is 26.9 Å². The number of nitrogens with zero attached hydrogens (tertiary/aromatic N) is 1. The molecule has 0 fully saturated rings. The fourth-order valence-electron chi connectivity index (χ4n) is 0.871. The average molecular weight is 200 g/mol. The van der Waals surface area contributed by atoms with E-state index in [4.69, 9.17) is 0 Å². The van der Waals surface area contributed by atoms with Crippen molar-refractivity contribution < 1.29 is 8.42 Å². The van der Waals surface area contributed by atoms with Gasteiger partial charge in [-0.25, -0.2) is 13.8 Å². The molecule has 72 valence electrons. The summed E-state index contributed by atoms with van der Waals surface area (Å²) in [6, 6.07) is 8.28. The minimum atomic E-state index is -3.37. The Morgan fingerprint density at radius 1 is 1.23 bits per heavy atom. The van der Waals surface area contributed by atoms with Crippen LogP contribution in [0.2, 0.25) is 0 Å². The highest BCUT2D eigenvalue weighted by Crippen LogP contribution is 2.10. The van der Waals surface area contributed by atoms with Crippen molar-refractivity contribution >= 4 is 10.0 Å². The van der Waals surface area contributed by atoms with Gasteiger partial charge < -0.3 is 0 Å². The van der Waals surface area contributed by atoms with Crippen molar-refractivity contribution in [2.45, 2.75) is 4.90 Å². The summed E-state index contributed by atoms with van der Waals surface area (Å²) in [6.45, 7) is 0. The molecule has 0 bridgehead atoms. The Hall–Kier alpha value is -0.910. The zero-order chi connectivity index (χ0) is 9.90. The third-order valence-corrected chi connectivity index (χ3v) is 3.49. The number of sulfonamides is 1.